The summed E-state index contributed by atoms with van der Waals surface area (Å²) in [6, 6.07) is 0. The molecule has 3 N–H and O–H groups in total. The molecule has 16 heavy (non-hydrogen) atoms. The van der Waals surface area contributed by atoms with Crippen molar-refractivity contribution in [3.63, 3.8) is 0 Å². The standard InChI is InChI=1S/C14H29NO/c1-5-12-6-8-14(10-15,9-7-12)13(4,16)11(2)3/h11-12,16H,5-10,15H2,1-4H3. The Hall–Kier alpha value is -0.0800. The van der Waals surface area contributed by atoms with Crippen LogP contribution in [-0.2, 0) is 0 Å². The molecule has 0 aromatic rings. The van der Waals surface area contributed by atoms with Crippen molar-refractivity contribution in [2.75, 3.05) is 6.54 Å². The fourth-order valence-electron chi connectivity index (χ4n) is 3.17. The van der Waals surface area contributed by atoms with Crippen LogP contribution < -0.4 is 5.73 Å². The molecule has 0 saturated heterocycles. The van der Waals surface area contributed by atoms with Gasteiger partial charge in [-0.2, -0.15) is 0 Å². The lowest BCUT2D eigenvalue weighted by molar-refractivity contribution is -0.122. The number of hydrogen-bond donors (Lipinski definition) is 2. The van der Waals surface area contributed by atoms with E-state index in [0.29, 0.717) is 6.54 Å². The Labute approximate surface area is 101 Å². The molecule has 1 unspecified atom stereocenters. The van der Waals surface area contributed by atoms with Gasteiger partial charge in [0.2, 0.25) is 0 Å². The van der Waals surface area contributed by atoms with Gasteiger partial charge in [0.15, 0.2) is 0 Å². The number of aliphatic hydroxyl groups is 1. The molecule has 1 atom stereocenters. The second kappa shape index (κ2) is 5.05. The van der Waals surface area contributed by atoms with Gasteiger partial charge in [0.05, 0.1) is 5.60 Å². The van der Waals surface area contributed by atoms with E-state index in [9.17, 15) is 5.11 Å². The zero-order chi connectivity index (χ0) is 12.4. The number of hydrogen-bond acceptors (Lipinski definition) is 2. The van der Waals surface area contributed by atoms with Gasteiger partial charge in [0.1, 0.15) is 0 Å². The third kappa shape index (κ3) is 2.28. The Morgan fingerprint density at radius 2 is 1.88 bits per heavy atom. The number of nitrogens with two attached hydrogens (primary N) is 1. The maximum Gasteiger partial charge on any atom is 0.0710 e. The van der Waals surface area contributed by atoms with Gasteiger partial charge in [0.25, 0.3) is 0 Å². The van der Waals surface area contributed by atoms with Crippen molar-refractivity contribution in [1.29, 1.82) is 0 Å². The summed E-state index contributed by atoms with van der Waals surface area (Å²) in [6.45, 7) is 9.07. The molecule has 0 aliphatic heterocycles. The monoisotopic (exact) mass is 227 g/mol. The summed E-state index contributed by atoms with van der Waals surface area (Å²) in [4.78, 5) is 0. The highest BCUT2D eigenvalue weighted by Gasteiger charge is 2.49. The van der Waals surface area contributed by atoms with Gasteiger partial charge < -0.3 is 10.8 Å². The summed E-state index contributed by atoms with van der Waals surface area (Å²) in [7, 11) is 0. The van der Waals surface area contributed by atoms with Crippen molar-refractivity contribution in [1.82, 2.24) is 0 Å². The topological polar surface area (TPSA) is 46.2 Å². The molecule has 0 amide bonds. The van der Waals surface area contributed by atoms with E-state index in [4.69, 9.17) is 5.73 Å². The normalized spacial score (nSPS) is 35.1. The first-order chi connectivity index (χ1) is 7.39. The Kier molecular flexibility index (Phi) is 4.42. The summed E-state index contributed by atoms with van der Waals surface area (Å²) in [5.74, 6) is 1.12. The minimum absolute atomic E-state index is 0.0488. The average molecular weight is 227 g/mol. The minimum atomic E-state index is -0.625. The van der Waals surface area contributed by atoms with Crippen molar-refractivity contribution in [2.24, 2.45) is 23.0 Å². The second-order valence-electron chi connectivity index (χ2n) is 6.14. The van der Waals surface area contributed by atoms with Gasteiger partial charge in [-0.3, -0.25) is 0 Å². The van der Waals surface area contributed by atoms with Gasteiger partial charge in [-0.15, -0.1) is 0 Å². The fourth-order valence-corrected chi connectivity index (χ4v) is 3.17. The second-order valence-corrected chi connectivity index (χ2v) is 6.14. The molecule has 2 heteroatoms. The molecule has 2 nitrogen and oxygen atoms in total. The van der Waals surface area contributed by atoms with E-state index < -0.39 is 5.60 Å². The highest BCUT2D eigenvalue weighted by Crippen LogP contribution is 2.49. The van der Waals surface area contributed by atoms with E-state index in [0.717, 1.165) is 18.8 Å². The molecule has 0 heterocycles. The third-order valence-corrected chi connectivity index (χ3v) is 5.23. The van der Waals surface area contributed by atoms with Gasteiger partial charge in [0, 0.05) is 12.0 Å². The van der Waals surface area contributed by atoms with Gasteiger partial charge >= 0.3 is 0 Å². The Bertz CT molecular complexity index is 215. The highest BCUT2D eigenvalue weighted by atomic mass is 16.3. The van der Waals surface area contributed by atoms with Crippen LogP contribution in [0.4, 0.5) is 0 Å². The van der Waals surface area contributed by atoms with Crippen molar-refractivity contribution < 1.29 is 5.11 Å². The predicted octanol–water partition coefficient (Wildman–Crippen LogP) is 2.94. The Morgan fingerprint density at radius 3 is 2.19 bits per heavy atom. The van der Waals surface area contributed by atoms with Crippen LogP contribution in [0.5, 0.6) is 0 Å². The Balaban J connectivity index is 2.80. The molecule has 0 aromatic heterocycles. The van der Waals surface area contributed by atoms with Gasteiger partial charge in [-0.05, 0) is 44.4 Å². The lowest BCUT2D eigenvalue weighted by atomic mass is 9.58. The molecule has 1 fully saturated rings. The molecule has 0 radical (unpaired) electrons. The van der Waals surface area contributed by atoms with Crippen LogP contribution in [0.1, 0.15) is 59.8 Å². The largest absolute Gasteiger partial charge is 0.389 e. The molecular formula is C14H29NO. The zero-order valence-corrected chi connectivity index (χ0v) is 11.4. The maximum atomic E-state index is 10.7. The first-order valence-electron chi connectivity index (χ1n) is 6.82. The van der Waals surface area contributed by atoms with Crippen LogP contribution in [0.3, 0.4) is 0 Å². The molecule has 1 aliphatic rings. The molecule has 96 valence electrons. The third-order valence-electron chi connectivity index (χ3n) is 5.23. The van der Waals surface area contributed by atoms with Crippen molar-refractivity contribution in [2.45, 2.75) is 65.4 Å². The summed E-state index contributed by atoms with van der Waals surface area (Å²) in [6.07, 6.45) is 5.91. The number of rotatable bonds is 4. The van der Waals surface area contributed by atoms with Crippen LogP contribution in [0.25, 0.3) is 0 Å². The highest BCUT2D eigenvalue weighted by molar-refractivity contribution is 5.00. The first-order valence-corrected chi connectivity index (χ1v) is 6.82. The van der Waals surface area contributed by atoms with E-state index in [-0.39, 0.29) is 11.3 Å². The molecular weight excluding hydrogens is 198 g/mol. The average Bonchev–Trinajstić information content (AvgIpc) is 2.28. The van der Waals surface area contributed by atoms with Crippen LogP contribution in [0.2, 0.25) is 0 Å². The van der Waals surface area contributed by atoms with E-state index in [1.54, 1.807) is 0 Å². The molecule has 0 bridgehead atoms. The smallest absolute Gasteiger partial charge is 0.0710 e. The summed E-state index contributed by atoms with van der Waals surface area (Å²) in [5.41, 5.74) is 5.32. The van der Waals surface area contributed by atoms with Gasteiger partial charge in [-0.1, -0.05) is 27.2 Å². The van der Waals surface area contributed by atoms with E-state index >= 15 is 0 Å². The van der Waals surface area contributed by atoms with Crippen LogP contribution in [0.15, 0.2) is 0 Å². The Morgan fingerprint density at radius 1 is 1.38 bits per heavy atom. The van der Waals surface area contributed by atoms with E-state index in [1.807, 2.05) is 6.92 Å². The van der Waals surface area contributed by atoms with Crippen LogP contribution in [0, 0.1) is 17.3 Å². The van der Waals surface area contributed by atoms with Crippen LogP contribution >= 0.6 is 0 Å². The molecule has 0 spiro atoms. The summed E-state index contributed by atoms with van der Waals surface area (Å²) < 4.78 is 0. The first kappa shape index (κ1) is 14.0. The molecule has 1 rings (SSSR count). The van der Waals surface area contributed by atoms with Gasteiger partial charge in [-0.25, -0.2) is 0 Å². The zero-order valence-electron chi connectivity index (χ0n) is 11.4. The van der Waals surface area contributed by atoms with Crippen molar-refractivity contribution in [3.8, 4) is 0 Å². The fraction of sp³-hybridized carbons (Fsp3) is 1.00. The minimum Gasteiger partial charge on any atom is -0.389 e. The lowest BCUT2D eigenvalue weighted by Gasteiger charge is -2.51. The molecule has 0 aromatic carbocycles. The van der Waals surface area contributed by atoms with Crippen LogP contribution in [-0.4, -0.2) is 17.3 Å². The summed E-state index contributed by atoms with van der Waals surface area (Å²) >= 11 is 0. The quantitative estimate of drug-likeness (QED) is 0.775. The van der Waals surface area contributed by atoms with Crippen molar-refractivity contribution >= 4 is 0 Å². The van der Waals surface area contributed by atoms with E-state index in [2.05, 4.69) is 20.8 Å². The maximum absolute atomic E-state index is 10.7. The predicted molar refractivity (Wildman–Crippen MR) is 69.2 cm³/mol. The van der Waals surface area contributed by atoms with Crippen molar-refractivity contribution in [3.05, 3.63) is 0 Å². The molecule has 1 aliphatic carbocycles. The lowest BCUT2D eigenvalue weighted by Crippen LogP contribution is -2.55. The molecule has 1 saturated carbocycles. The van der Waals surface area contributed by atoms with E-state index in [1.165, 1.54) is 19.3 Å². The SMILES string of the molecule is CCC1CCC(CN)(C(C)(O)C(C)C)CC1. The summed E-state index contributed by atoms with van der Waals surface area (Å²) in [5, 5.41) is 10.7.